The number of nitrogens with zero attached hydrogens (tertiary/aromatic N) is 1. The second-order valence-electron chi connectivity index (χ2n) is 4.18. The molecule has 0 aliphatic carbocycles. The van der Waals surface area contributed by atoms with Gasteiger partial charge in [0.1, 0.15) is 0 Å². The lowest BCUT2D eigenvalue weighted by Gasteiger charge is -2.17. The van der Waals surface area contributed by atoms with Crippen molar-refractivity contribution in [2.24, 2.45) is 16.8 Å². The molecule has 0 N–H and O–H groups in total. The minimum Gasteiger partial charge on any atom is -0.293 e. The molecule has 2 heteroatoms. The third-order valence-electron chi connectivity index (χ3n) is 2.82. The Morgan fingerprint density at radius 3 is 2.46 bits per heavy atom. The first-order valence-corrected chi connectivity index (χ1v) is 5.20. The van der Waals surface area contributed by atoms with Crippen LogP contribution in [0.5, 0.6) is 0 Å². The molecule has 1 rings (SSSR count). The average Bonchev–Trinajstić information content (AvgIpc) is 2.17. The molecule has 0 saturated heterocycles. The van der Waals surface area contributed by atoms with Gasteiger partial charge in [0.25, 0.3) is 0 Å². The SMILES string of the molecule is CC(C)C(C)C(=O)C1=NCCCC1. The summed E-state index contributed by atoms with van der Waals surface area (Å²) in [5.41, 5.74) is 0.840. The van der Waals surface area contributed by atoms with Gasteiger partial charge in [-0.1, -0.05) is 20.8 Å². The number of ketones is 1. The van der Waals surface area contributed by atoms with Crippen molar-refractivity contribution in [2.45, 2.75) is 40.0 Å². The van der Waals surface area contributed by atoms with Crippen LogP contribution in [0.4, 0.5) is 0 Å². The molecule has 0 radical (unpaired) electrons. The monoisotopic (exact) mass is 181 g/mol. The Kier molecular flexibility index (Phi) is 3.64. The van der Waals surface area contributed by atoms with Crippen LogP contribution in [0.15, 0.2) is 4.99 Å². The van der Waals surface area contributed by atoms with E-state index in [0.717, 1.165) is 31.5 Å². The van der Waals surface area contributed by atoms with E-state index < -0.39 is 0 Å². The van der Waals surface area contributed by atoms with Crippen LogP contribution in [0.2, 0.25) is 0 Å². The lowest BCUT2D eigenvalue weighted by molar-refractivity contribution is -0.117. The van der Waals surface area contributed by atoms with Crippen molar-refractivity contribution in [3.8, 4) is 0 Å². The molecule has 1 atom stereocenters. The van der Waals surface area contributed by atoms with E-state index in [1.165, 1.54) is 0 Å². The maximum atomic E-state index is 11.8. The molecule has 0 saturated carbocycles. The zero-order chi connectivity index (χ0) is 9.84. The molecular weight excluding hydrogens is 162 g/mol. The lowest BCUT2D eigenvalue weighted by Crippen LogP contribution is -2.27. The van der Waals surface area contributed by atoms with Gasteiger partial charge >= 0.3 is 0 Å². The standard InChI is InChI=1S/C11H19NO/c1-8(2)9(3)11(13)10-6-4-5-7-12-10/h8-9H,4-7H2,1-3H3. The highest BCUT2D eigenvalue weighted by Gasteiger charge is 2.22. The van der Waals surface area contributed by atoms with Gasteiger partial charge in [0.15, 0.2) is 5.78 Å². The van der Waals surface area contributed by atoms with Crippen molar-refractivity contribution in [3.63, 3.8) is 0 Å². The number of carbonyl (C=O) groups excluding carboxylic acids is 1. The van der Waals surface area contributed by atoms with E-state index in [1.54, 1.807) is 0 Å². The third-order valence-corrected chi connectivity index (χ3v) is 2.82. The fourth-order valence-corrected chi connectivity index (χ4v) is 1.46. The predicted octanol–water partition coefficient (Wildman–Crippen LogP) is 2.47. The summed E-state index contributed by atoms with van der Waals surface area (Å²) < 4.78 is 0. The van der Waals surface area contributed by atoms with Crippen molar-refractivity contribution in [1.29, 1.82) is 0 Å². The minimum absolute atomic E-state index is 0.136. The summed E-state index contributed by atoms with van der Waals surface area (Å²) in [6, 6.07) is 0. The Hall–Kier alpha value is -0.660. The summed E-state index contributed by atoms with van der Waals surface area (Å²) in [6.07, 6.45) is 3.18. The molecule has 1 aliphatic rings. The van der Waals surface area contributed by atoms with Gasteiger partial charge in [-0.3, -0.25) is 9.79 Å². The van der Waals surface area contributed by atoms with Crippen molar-refractivity contribution in [3.05, 3.63) is 0 Å². The van der Waals surface area contributed by atoms with Crippen LogP contribution in [-0.2, 0) is 4.79 Å². The van der Waals surface area contributed by atoms with E-state index in [-0.39, 0.29) is 11.7 Å². The van der Waals surface area contributed by atoms with Crippen LogP contribution in [0.25, 0.3) is 0 Å². The van der Waals surface area contributed by atoms with E-state index in [1.807, 2.05) is 6.92 Å². The van der Waals surface area contributed by atoms with Crippen molar-refractivity contribution < 1.29 is 4.79 Å². The zero-order valence-corrected chi connectivity index (χ0v) is 8.84. The van der Waals surface area contributed by atoms with Crippen LogP contribution in [-0.4, -0.2) is 18.0 Å². The molecule has 13 heavy (non-hydrogen) atoms. The van der Waals surface area contributed by atoms with E-state index in [9.17, 15) is 4.79 Å². The Morgan fingerprint density at radius 1 is 1.31 bits per heavy atom. The highest BCUT2D eigenvalue weighted by atomic mass is 16.1. The lowest BCUT2D eigenvalue weighted by atomic mass is 9.89. The maximum absolute atomic E-state index is 11.8. The van der Waals surface area contributed by atoms with Crippen molar-refractivity contribution >= 4 is 11.5 Å². The van der Waals surface area contributed by atoms with Gasteiger partial charge in [0.05, 0.1) is 5.71 Å². The normalized spacial score (nSPS) is 19.8. The fraction of sp³-hybridized carbons (Fsp3) is 0.818. The van der Waals surface area contributed by atoms with Crippen LogP contribution >= 0.6 is 0 Å². The molecule has 1 heterocycles. The Balaban J connectivity index is 2.60. The fourth-order valence-electron chi connectivity index (χ4n) is 1.46. The summed E-state index contributed by atoms with van der Waals surface area (Å²) in [5.74, 6) is 0.837. The van der Waals surface area contributed by atoms with Gasteiger partial charge in [0, 0.05) is 12.5 Å². The molecule has 0 aromatic rings. The molecular formula is C11H19NO. The maximum Gasteiger partial charge on any atom is 0.179 e. The number of hydrogen-bond acceptors (Lipinski definition) is 2. The number of hydrogen-bond donors (Lipinski definition) is 0. The number of rotatable bonds is 3. The molecule has 0 aromatic carbocycles. The number of carbonyl (C=O) groups is 1. The molecule has 0 fully saturated rings. The van der Waals surface area contributed by atoms with E-state index in [4.69, 9.17) is 0 Å². The van der Waals surface area contributed by atoms with Crippen LogP contribution in [0, 0.1) is 11.8 Å². The summed E-state index contributed by atoms with van der Waals surface area (Å²) in [7, 11) is 0. The van der Waals surface area contributed by atoms with Crippen molar-refractivity contribution in [2.75, 3.05) is 6.54 Å². The smallest absolute Gasteiger partial charge is 0.179 e. The molecule has 74 valence electrons. The van der Waals surface area contributed by atoms with Gasteiger partial charge in [-0.15, -0.1) is 0 Å². The summed E-state index contributed by atoms with van der Waals surface area (Å²) in [5, 5.41) is 0. The Labute approximate surface area is 80.4 Å². The molecule has 0 bridgehead atoms. The van der Waals surface area contributed by atoms with E-state index >= 15 is 0 Å². The van der Waals surface area contributed by atoms with Gasteiger partial charge in [0.2, 0.25) is 0 Å². The Morgan fingerprint density at radius 2 is 2.00 bits per heavy atom. The molecule has 2 nitrogen and oxygen atoms in total. The van der Waals surface area contributed by atoms with E-state index in [2.05, 4.69) is 18.8 Å². The summed E-state index contributed by atoms with van der Waals surface area (Å²) in [4.78, 5) is 16.1. The molecule has 0 aromatic heterocycles. The summed E-state index contributed by atoms with van der Waals surface area (Å²) >= 11 is 0. The van der Waals surface area contributed by atoms with Crippen molar-refractivity contribution in [1.82, 2.24) is 0 Å². The van der Waals surface area contributed by atoms with Gasteiger partial charge < -0.3 is 0 Å². The van der Waals surface area contributed by atoms with Gasteiger partial charge in [-0.05, 0) is 25.2 Å². The molecule has 1 aliphatic heterocycles. The van der Waals surface area contributed by atoms with Gasteiger partial charge in [-0.2, -0.15) is 0 Å². The highest BCUT2D eigenvalue weighted by molar-refractivity contribution is 6.40. The van der Waals surface area contributed by atoms with Crippen LogP contribution < -0.4 is 0 Å². The summed E-state index contributed by atoms with van der Waals surface area (Å²) in [6.45, 7) is 7.04. The molecule has 1 unspecified atom stereocenters. The number of Topliss-reactive ketones (excluding diaryl/α,β-unsaturated/α-hetero) is 1. The predicted molar refractivity (Wildman–Crippen MR) is 55.2 cm³/mol. The topological polar surface area (TPSA) is 29.4 Å². The average molecular weight is 181 g/mol. The first-order chi connectivity index (χ1) is 6.13. The molecule has 0 spiro atoms. The quantitative estimate of drug-likeness (QED) is 0.657. The minimum atomic E-state index is 0.136. The largest absolute Gasteiger partial charge is 0.293 e. The van der Waals surface area contributed by atoms with E-state index in [0.29, 0.717) is 5.92 Å². The van der Waals surface area contributed by atoms with Crippen LogP contribution in [0.1, 0.15) is 40.0 Å². The first kappa shape index (κ1) is 10.4. The Bertz CT molecular complexity index is 218. The highest BCUT2D eigenvalue weighted by Crippen LogP contribution is 2.16. The first-order valence-electron chi connectivity index (χ1n) is 5.20. The number of aliphatic imine (C=N–C) groups is 1. The molecule has 0 amide bonds. The second-order valence-corrected chi connectivity index (χ2v) is 4.18. The zero-order valence-electron chi connectivity index (χ0n) is 8.84. The third kappa shape index (κ3) is 2.64. The van der Waals surface area contributed by atoms with Crippen LogP contribution in [0.3, 0.4) is 0 Å². The van der Waals surface area contributed by atoms with Gasteiger partial charge in [-0.25, -0.2) is 0 Å². The second kappa shape index (κ2) is 4.54.